The van der Waals surface area contributed by atoms with Crippen molar-refractivity contribution in [3.8, 4) is 17.2 Å². The molecule has 0 fully saturated rings. The van der Waals surface area contributed by atoms with E-state index in [-0.39, 0.29) is 11.3 Å². The summed E-state index contributed by atoms with van der Waals surface area (Å²) in [6.07, 6.45) is 0. The molecule has 1 amide bonds. The molecule has 6 nitrogen and oxygen atoms in total. The van der Waals surface area contributed by atoms with Crippen molar-refractivity contribution in [1.82, 2.24) is 0 Å². The fourth-order valence-corrected chi connectivity index (χ4v) is 1.69. The molecule has 2 rings (SSSR count). The standard InChI is InChI=1S/C14H14N2O4/c1-20-8-5-6-11(10(15)7-8)16-14(19)9-3-2-4-12(17)13(9)18/h2-7,17-18H,15H2,1H3,(H,16,19). The molecule has 0 aliphatic rings. The monoisotopic (exact) mass is 274 g/mol. The molecule has 0 atom stereocenters. The minimum atomic E-state index is -0.574. The van der Waals surface area contributed by atoms with Gasteiger partial charge in [-0.3, -0.25) is 4.79 Å². The number of hydrogen-bond donors (Lipinski definition) is 4. The number of anilines is 2. The molecule has 20 heavy (non-hydrogen) atoms. The third-order valence-corrected chi connectivity index (χ3v) is 2.77. The molecule has 0 saturated heterocycles. The van der Waals surface area contributed by atoms with Gasteiger partial charge in [0.15, 0.2) is 11.5 Å². The van der Waals surface area contributed by atoms with Gasteiger partial charge < -0.3 is 26.0 Å². The minimum absolute atomic E-state index is 0.0415. The van der Waals surface area contributed by atoms with Crippen LogP contribution in [0.15, 0.2) is 36.4 Å². The highest BCUT2D eigenvalue weighted by atomic mass is 16.5. The molecule has 0 unspecified atom stereocenters. The summed E-state index contributed by atoms with van der Waals surface area (Å²) in [5, 5.41) is 21.6. The molecule has 0 bridgehead atoms. The van der Waals surface area contributed by atoms with Crippen LogP contribution >= 0.6 is 0 Å². The maximum atomic E-state index is 12.0. The predicted octanol–water partition coefficient (Wildman–Crippen LogP) is 1.94. The molecule has 2 aromatic rings. The number of carbonyl (C=O) groups is 1. The van der Waals surface area contributed by atoms with Crippen molar-refractivity contribution in [3.05, 3.63) is 42.0 Å². The molecule has 2 aromatic carbocycles. The summed E-state index contributed by atoms with van der Waals surface area (Å²) in [5.41, 5.74) is 6.46. The number of ether oxygens (including phenoxy) is 1. The zero-order valence-corrected chi connectivity index (χ0v) is 10.8. The molecule has 6 heteroatoms. The summed E-state index contributed by atoms with van der Waals surface area (Å²) in [7, 11) is 1.51. The first-order valence-corrected chi connectivity index (χ1v) is 5.78. The topological polar surface area (TPSA) is 105 Å². The Morgan fingerprint density at radius 2 is 2.00 bits per heavy atom. The SMILES string of the molecule is COc1ccc(NC(=O)c2cccc(O)c2O)c(N)c1. The maximum absolute atomic E-state index is 12.0. The van der Waals surface area contributed by atoms with Gasteiger partial charge in [0.2, 0.25) is 0 Å². The number of carbonyl (C=O) groups excluding carboxylic acids is 1. The summed E-state index contributed by atoms with van der Waals surface area (Å²) in [6.45, 7) is 0. The lowest BCUT2D eigenvalue weighted by atomic mass is 10.1. The van der Waals surface area contributed by atoms with Gasteiger partial charge in [0.25, 0.3) is 5.91 Å². The Balaban J connectivity index is 2.26. The van der Waals surface area contributed by atoms with E-state index < -0.39 is 11.7 Å². The lowest BCUT2D eigenvalue weighted by molar-refractivity contribution is 0.102. The number of hydrogen-bond acceptors (Lipinski definition) is 5. The van der Waals surface area contributed by atoms with E-state index in [2.05, 4.69) is 5.32 Å². The van der Waals surface area contributed by atoms with Crippen LogP contribution in [0.25, 0.3) is 0 Å². The van der Waals surface area contributed by atoms with Gasteiger partial charge in [0.05, 0.1) is 24.0 Å². The molecular weight excluding hydrogens is 260 g/mol. The van der Waals surface area contributed by atoms with Gasteiger partial charge in [-0.2, -0.15) is 0 Å². The molecule has 0 aliphatic carbocycles. The van der Waals surface area contributed by atoms with Gasteiger partial charge in [-0.1, -0.05) is 6.07 Å². The smallest absolute Gasteiger partial charge is 0.259 e. The number of nitrogen functional groups attached to an aromatic ring is 1. The van der Waals surface area contributed by atoms with Crippen LogP contribution in [0.5, 0.6) is 17.2 Å². The third-order valence-electron chi connectivity index (χ3n) is 2.77. The van der Waals surface area contributed by atoms with Crippen molar-refractivity contribution in [1.29, 1.82) is 0 Å². The van der Waals surface area contributed by atoms with Crippen molar-refractivity contribution in [3.63, 3.8) is 0 Å². The van der Waals surface area contributed by atoms with Gasteiger partial charge in [0.1, 0.15) is 5.75 Å². The normalized spacial score (nSPS) is 10.1. The number of para-hydroxylation sites is 1. The van der Waals surface area contributed by atoms with E-state index in [1.807, 2.05) is 0 Å². The number of phenolic OH excluding ortho intramolecular Hbond substituents is 2. The van der Waals surface area contributed by atoms with E-state index in [1.165, 1.54) is 25.3 Å². The summed E-state index contributed by atoms with van der Waals surface area (Å²) in [5.74, 6) is -0.839. The lowest BCUT2D eigenvalue weighted by Gasteiger charge is -2.10. The molecule has 104 valence electrons. The Bertz CT molecular complexity index is 656. The highest BCUT2D eigenvalue weighted by Crippen LogP contribution is 2.30. The van der Waals surface area contributed by atoms with Crippen LogP contribution in [0.3, 0.4) is 0 Å². The molecule has 0 aromatic heterocycles. The number of benzene rings is 2. The molecule has 5 N–H and O–H groups in total. The average molecular weight is 274 g/mol. The Hall–Kier alpha value is -2.89. The Labute approximate surface area is 115 Å². The summed E-state index contributed by atoms with van der Waals surface area (Å²) < 4.78 is 5.01. The second-order valence-corrected chi connectivity index (χ2v) is 4.08. The minimum Gasteiger partial charge on any atom is -0.504 e. The fourth-order valence-electron chi connectivity index (χ4n) is 1.69. The number of rotatable bonds is 3. The quantitative estimate of drug-likeness (QED) is 0.505. The van der Waals surface area contributed by atoms with Crippen molar-refractivity contribution in [2.24, 2.45) is 0 Å². The second-order valence-electron chi connectivity index (χ2n) is 4.08. The van der Waals surface area contributed by atoms with E-state index in [0.29, 0.717) is 17.1 Å². The van der Waals surface area contributed by atoms with Crippen molar-refractivity contribution < 1.29 is 19.7 Å². The van der Waals surface area contributed by atoms with Crippen LogP contribution in [0.2, 0.25) is 0 Å². The van der Waals surface area contributed by atoms with Gasteiger partial charge in [-0.05, 0) is 24.3 Å². The molecule has 0 heterocycles. The van der Waals surface area contributed by atoms with Crippen LogP contribution in [0.1, 0.15) is 10.4 Å². The number of nitrogens with two attached hydrogens (primary N) is 1. The van der Waals surface area contributed by atoms with Crippen LogP contribution in [-0.2, 0) is 0 Å². The molecular formula is C14H14N2O4. The molecule has 0 aliphatic heterocycles. The van der Waals surface area contributed by atoms with Crippen molar-refractivity contribution in [2.75, 3.05) is 18.2 Å². The maximum Gasteiger partial charge on any atom is 0.259 e. The van der Waals surface area contributed by atoms with Crippen molar-refractivity contribution in [2.45, 2.75) is 0 Å². The van der Waals surface area contributed by atoms with Gasteiger partial charge in [-0.15, -0.1) is 0 Å². The van der Waals surface area contributed by atoms with E-state index in [1.54, 1.807) is 18.2 Å². The lowest BCUT2D eigenvalue weighted by Crippen LogP contribution is -2.13. The Morgan fingerprint density at radius 3 is 2.65 bits per heavy atom. The number of amides is 1. The number of phenols is 2. The Morgan fingerprint density at radius 1 is 1.25 bits per heavy atom. The molecule has 0 radical (unpaired) electrons. The first kappa shape index (κ1) is 13.5. The first-order valence-electron chi connectivity index (χ1n) is 5.78. The summed E-state index contributed by atoms with van der Waals surface area (Å²) in [4.78, 5) is 12.0. The number of aromatic hydroxyl groups is 2. The second kappa shape index (κ2) is 5.40. The zero-order valence-electron chi connectivity index (χ0n) is 10.8. The van der Waals surface area contributed by atoms with Crippen LogP contribution in [-0.4, -0.2) is 23.2 Å². The largest absolute Gasteiger partial charge is 0.504 e. The highest BCUT2D eigenvalue weighted by Gasteiger charge is 2.15. The molecule has 0 spiro atoms. The van der Waals surface area contributed by atoms with Crippen LogP contribution in [0, 0.1) is 0 Å². The fraction of sp³-hybridized carbons (Fsp3) is 0.0714. The predicted molar refractivity (Wildman–Crippen MR) is 75.1 cm³/mol. The van der Waals surface area contributed by atoms with Crippen LogP contribution in [0.4, 0.5) is 11.4 Å². The van der Waals surface area contributed by atoms with Crippen LogP contribution < -0.4 is 15.8 Å². The number of nitrogens with one attached hydrogen (secondary N) is 1. The highest BCUT2D eigenvalue weighted by molar-refractivity contribution is 6.07. The van der Waals surface area contributed by atoms with Crippen molar-refractivity contribution >= 4 is 17.3 Å². The average Bonchev–Trinajstić information content (AvgIpc) is 2.44. The van der Waals surface area contributed by atoms with Gasteiger partial charge in [0, 0.05) is 6.07 Å². The third kappa shape index (κ3) is 2.59. The zero-order chi connectivity index (χ0) is 14.7. The Kier molecular flexibility index (Phi) is 3.65. The summed E-state index contributed by atoms with van der Waals surface area (Å²) in [6, 6.07) is 8.94. The van der Waals surface area contributed by atoms with E-state index in [0.717, 1.165) is 0 Å². The summed E-state index contributed by atoms with van der Waals surface area (Å²) >= 11 is 0. The van der Waals surface area contributed by atoms with E-state index in [4.69, 9.17) is 10.5 Å². The van der Waals surface area contributed by atoms with E-state index in [9.17, 15) is 15.0 Å². The number of methoxy groups -OCH3 is 1. The van der Waals surface area contributed by atoms with Gasteiger partial charge >= 0.3 is 0 Å². The van der Waals surface area contributed by atoms with E-state index >= 15 is 0 Å². The molecule has 0 saturated carbocycles. The van der Waals surface area contributed by atoms with Gasteiger partial charge in [-0.25, -0.2) is 0 Å². The first-order chi connectivity index (χ1) is 9.52.